The van der Waals surface area contributed by atoms with Crippen molar-refractivity contribution in [3.05, 3.63) is 100 Å². The van der Waals surface area contributed by atoms with Crippen molar-refractivity contribution in [3.63, 3.8) is 0 Å². The molecule has 2 saturated carbocycles. The molecule has 67 heavy (non-hydrogen) atoms. The van der Waals surface area contributed by atoms with Crippen LogP contribution >= 0.6 is 0 Å². The molecule has 0 aromatic rings. The van der Waals surface area contributed by atoms with Gasteiger partial charge in [-0.2, -0.15) is 0 Å². The van der Waals surface area contributed by atoms with Crippen molar-refractivity contribution < 1.29 is 74.4 Å². The number of fused-ring (bicyclic) bond motifs is 1. The van der Waals surface area contributed by atoms with Gasteiger partial charge in [0.15, 0.2) is 12.6 Å². The summed E-state index contributed by atoms with van der Waals surface area (Å²) < 4.78 is 29.8. The lowest BCUT2D eigenvalue weighted by Crippen LogP contribution is -2.65. The lowest BCUT2D eigenvalue weighted by molar-refractivity contribution is -0.363. The monoisotopic (exact) mass is 941 g/mol. The molecule has 5 rings (SSSR count). The lowest BCUT2D eigenvalue weighted by atomic mass is 9.61. The Labute approximate surface area is 395 Å². The van der Waals surface area contributed by atoms with Crippen LogP contribution in [0.15, 0.2) is 100 Å². The van der Waals surface area contributed by atoms with Gasteiger partial charge in [-0.3, -0.25) is 4.79 Å². The summed E-state index contributed by atoms with van der Waals surface area (Å²) >= 11 is 0. The molecule has 15 heteroatoms. The number of hydrogen-bond donors (Lipinski definition) is 9. The fourth-order valence-electron chi connectivity index (χ4n) is 10.6. The Kier molecular flexibility index (Phi) is 18.2. The molecule has 9 N–H and O–H groups in total. The highest BCUT2D eigenvalue weighted by molar-refractivity contribution is 5.78. The maximum Gasteiger partial charge on any atom is 0.187 e. The third kappa shape index (κ3) is 12.8. The summed E-state index contributed by atoms with van der Waals surface area (Å²) in [6, 6.07) is 0. The Bertz CT molecular complexity index is 1990. The van der Waals surface area contributed by atoms with Gasteiger partial charge in [-0.1, -0.05) is 99.6 Å². The minimum absolute atomic E-state index is 0.295. The molecule has 5 fully saturated rings. The first-order valence-corrected chi connectivity index (χ1v) is 23.4. The largest absolute Gasteiger partial charge is 0.394 e. The summed E-state index contributed by atoms with van der Waals surface area (Å²) in [4.78, 5) is 11.8. The van der Waals surface area contributed by atoms with Crippen LogP contribution < -0.4 is 0 Å². The normalized spacial score (nSPS) is 40.6. The number of epoxide rings is 1. The quantitative estimate of drug-likeness (QED) is 0.0331. The van der Waals surface area contributed by atoms with Gasteiger partial charge in [-0.25, -0.2) is 0 Å². The van der Waals surface area contributed by atoms with E-state index < -0.39 is 104 Å². The van der Waals surface area contributed by atoms with Gasteiger partial charge in [0.2, 0.25) is 0 Å². The fraction of sp³-hybridized carbons (Fsp3) is 0.654. The van der Waals surface area contributed by atoms with Crippen LogP contribution in [-0.2, 0) is 28.5 Å². The summed E-state index contributed by atoms with van der Waals surface area (Å²) in [5.74, 6) is 0. The number of aliphatic hydroxyl groups excluding tert-OH is 8. The summed E-state index contributed by atoms with van der Waals surface area (Å²) in [5.41, 5.74) is 4.84. The third-order valence-corrected chi connectivity index (χ3v) is 14.1. The van der Waals surface area contributed by atoms with E-state index in [-0.39, 0.29) is 10.8 Å². The molecule has 0 aromatic carbocycles. The molecule has 0 amide bonds. The SMILES string of the molecule is CC(C=C=C1C(C)(C)CC(O)CC1(C)O)=CC=CC(C)=CC=CC=C(C=O)C=CC=C(C)CCC12OC1(C)CC(OC1OC(CO)C(OC3OC(CO)C(O)C(O)C3O)C(O)C1O)CC2(C)C. The zero-order chi connectivity index (χ0) is 49.7. The van der Waals surface area contributed by atoms with Gasteiger partial charge in [0.25, 0.3) is 0 Å². The molecular formula is C52H76O15. The van der Waals surface area contributed by atoms with Crippen molar-refractivity contribution >= 4 is 6.29 Å². The number of hydrogen-bond acceptors (Lipinski definition) is 15. The third-order valence-electron chi connectivity index (χ3n) is 14.1. The van der Waals surface area contributed by atoms with Crippen molar-refractivity contribution in [2.75, 3.05) is 13.2 Å². The van der Waals surface area contributed by atoms with Crippen LogP contribution in [0, 0.1) is 10.8 Å². The molecule has 3 aliphatic heterocycles. The van der Waals surface area contributed by atoms with Crippen LogP contribution in [0.1, 0.15) is 101 Å². The second-order valence-corrected chi connectivity index (χ2v) is 20.8. The molecule has 15 unspecified atom stereocenters. The van der Waals surface area contributed by atoms with Crippen molar-refractivity contribution in [1.29, 1.82) is 0 Å². The summed E-state index contributed by atoms with van der Waals surface area (Å²) in [5, 5.41) is 93.8. The van der Waals surface area contributed by atoms with Gasteiger partial charge in [0.1, 0.15) is 60.7 Å². The van der Waals surface area contributed by atoms with Crippen molar-refractivity contribution in [1.82, 2.24) is 0 Å². The number of ether oxygens (including phenoxy) is 5. The van der Waals surface area contributed by atoms with E-state index in [2.05, 4.69) is 19.6 Å². The zero-order valence-corrected chi connectivity index (χ0v) is 40.5. The molecule has 5 aliphatic rings. The van der Waals surface area contributed by atoms with E-state index in [9.17, 15) is 50.8 Å². The van der Waals surface area contributed by atoms with Gasteiger partial charge in [-0.15, -0.1) is 5.73 Å². The van der Waals surface area contributed by atoms with E-state index in [1.54, 1.807) is 19.1 Å². The zero-order valence-electron chi connectivity index (χ0n) is 40.5. The minimum Gasteiger partial charge on any atom is -0.394 e. The van der Waals surface area contributed by atoms with Crippen LogP contribution in [0.5, 0.6) is 0 Å². The van der Waals surface area contributed by atoms with Crippen LogP contribution in [-0.4, -0.2) is 156 Å². The molecule has 0 bridgehead atoms. The maximum atomic E-state index is 11.8. The molecule has 374 valence electrons. The average Bonchev–Trinajstić information content (AvgIpc) is 3.88. The van der Waals surface area contributed by atoms with E-state index in [0.29, 0.717) is 31.3 Å². The molecule has 3 saturated heterocycles. The highest BCUT2D eigenvalue weighted by Gasteiger charge is 2.75. The number of rotatable bonds is 17. The second kappa shape index (κ2) is 22.3. The second-order valence-electron chi connectivity index (χ2n) is 20.8. The summed E-state index contributed by atoms with van der Waals surface area (Å²) in [6.07, 6.45) is 8.60. The molecule has 15 nitrogen and oxygen atoms in total. The average molecular weight is 941 g/mol. The van der Waals surface area contributed by atoms with Gasteiger partial charge in [0.05, 0.1) is 36.6 Å². The molecule has 15 atom stereocenters. The van der Waals surface area contributed by atoms with Gasteiger partial charge in [-0.05, 0) is 82.8 Å². The van der Waals surface area contributed by atoms with Gasteiger partial charge < -0.3 is 69.6 Å². The first-order chi connectivity index (χ1) is 31.3. The number of aldehydes is 1. The summed E-state index contributed by atoms with van der Waals surface area (Å²) in [7, 11) is 0. The van der Waals surface area contributed by atoms with Crippen molar-refractivity contribution in [3.8, 4) is 0 Å². The van der Waals surface area contributed by atoms with Crippen LogP contribution in [0.2, 0.25) is 0 Å². The number of carbonyl (C=O) groups excluding carboxylic acids is 1. The Morgan fingerprint density at radius 2 is 1.31 bits per heavy atom. The summed E-state index contributed by atoms with van der Waals surface area (Å²) in [6.45, 7) is 16.6. The van der Waals surface area contributed by atoms with Crippen molar-refractivity contribution in [2.24, 2.45) is 10.8 Å². The predicted octanol–water partition coefficient (Wildman–Crippen LogP) is 3.77. The van der Waals surface area contributed by atoms with E-state index in [1.807, 2.05) is 96.2 Å². The highest BCUT2D eigenvalue weighted by atomic mass is 16.7. The highest BCUT2D eigenvalue weighted by Crippen LogP contribution is 2.68. The number of carbonyl (C=O) groups is 1. The maximum absolute atomic E-state index is 11.8. The number of allylic oxidation sites excluding steroid dienone is 14. The van der Waals surface area contributed by atoms with E-state index in [0.717, 1.165) is 41.4 Å². The van der Waals surface area contributed by atoms with Gasteiger partial charge in [0, 0.05) is 24.0 Å². The first kappa shape index (κ1) is 54.7. The Hall–Kier alpha value is -3.19. The van der Waals surface area contributed by atoms with E-state index in [1.165, 1.54) is 0 Å². The Morgan fingerprint density at radius 3 is 1.96 bits per heavy atom. The van der Waals surface area contributed by atoms with Crippen LogP contribution in [0.3, 0.4) is 0 Å². The molecule has 0 aromatic heterocycles. The van der Waals surface area contributed by atoms with Crippen LogP contribution in [0.25, 0.3) is 0 Å². The molecule has 2 aliphatic carbocycles. The predicted molar refractivity (Wildman–Crippen MR) is 250 cm³/mol. The molecule has 0 radical (unpaired) electrons. The smallest absolute Gasteiger partial charge is 0.187 e. The molecular weight excluding hydrogens is 865 g/mol. The van der Waals surface area contributed by atoms with Gasteiger partial charge >= 0.3 is 0 Å². The van der Waals surface area contributed by atoms with Crippen molar-refractivity contribution in [2.45, 2.75) is 191 Å². The molecule has 0 spiro atoms. The lowest BCUT2D eigenvalue weighted by Gasteiger charge is -2.47. The minimum atomic E-state index is -1.76. The molecule has 3 heterocycles. The van der Waals surface area contributed by atoms with Crippen LogP contribution in [0.4, 0.5) is 0 Å². The topological polar surface area (TPSA) is 249 Å². The Morgan fingerprint density at radius 1 is 0.701 bits per heavy atom. The van der Waals surface area contributed by atoms with E-state index >= 15 is 0 Å². The van der Waals surface area contributed by atoms with E-state index in [4.69, 9.17) is 23.7 Å². The Balaban J connectivity index is 1.11. The standard InChI is InChI=1S/C52H76O15/c1-31(15-12-16-32(2)20-21-39-48(4,5)24-35(56)25-50(39,8)62)14-10-11-18-34(28-53)19-13-17-33(3)22-23-52-49(6,7)26-36(27-51(52,9)67-52)63-46-44(61)42(59)45(38(30-55)65-46)66-47-43(60)41(58)40(57)37(29-54)64-47/h10-20,28,35-38,40-47,54-62H,22-27,29-30H2,1-9H3. The first-order valence-electron chi connectivity index (χ1n) is 23.4. The number of aliphatic hydroxyl groups is 9. The fourth-order valence-corrected chi connectivity index (χ4v) is 10.6.